The molecule has 0 amide bonds. The average molecular weight is 338 g/mol. The van der Waals surface area contributed by atoms with Crippen LogP contribution in [0.15, 0.2) is 23.2 Å². The van der Waals surface area contributed by atoms with E-state index in [1.165, 1.54) is 18.6 Å². The van der Waals surface area contributed by atoms with Gasteiger partial charge in [0, 0.05) is 39.0 Å². The van der Waals surface area contributed by atoms with Crippen LogP contribution < -0.4 is 15.5 Å². The number of nitrogens with one attached hydrogen (secondary N) is 2. The lowest BCUT2D eigenvalue weighted by molar-refractivity contribution is 0.584. The summed E-state index contributed by atoms with van der Waals surface area (Å²) >= 11 is 2.02. The summed E-state index contributed by atoms with van der Waals surface area (Å²) in [5, 5.41) is 6.63. The van der Waals surface area contributed by atoms with Gasteiger partial charge in [-0.2, -0.15) is 11.8 Å². The van der Waals surface area contributed by atoms with Crippen LogP contribution >= 0.6 is 11.8 Å². The zero-order valence-corrected chi connectivity index (χ0v) is 15.3. The minimum atomic E-state index is -0.202. The molecule has 1 saturated heterocycles. The second kappa shape index (κ2) is 7.90. The van der Waals surface area contributed by atoms with Crippen molar-refractivity contribution >= 4 is 23.4 Å². The Morgan fingerprint density at radius 2 is 2.17 bits per heavy atom. The van der Waals surface area contributed by atoms with Crippen molar-refractivity contribution in [1.82, 2.24) is 10.6 Å². The standard InChI is InChI=1S/C17H27FN4S/c1-17(8-5-9-23-17)12-21-16(19-2)20-11-13-6-7-15(22(3)4)14(18)10-13/h6-7,10H,5,8-9,11-12H2,1-4H3,(H2,19,20,21). The first kappa shape index (κ1) is 17.9. The van der Waals surface area contributed by atoms with Crippen LogP contribution in [0.3, 0.4) is 0 Å². The predicted molar refractivity (Wildman–Crippen MR) is 99.0 cm³/mol. The number of thioether (sulfide) groups is 1. The minimum absolute atomic E-state index is 0.202. The summed E-state index contributed by atoms with van der Waals surface area (Å²) in [4.78, 5) is 6.02. The fraction of sp³-hybridized carbons (Fsp3) is 0.588. The van der Waals surface area contributed by atoms with E-state index in [0.29, 0.717) is 12.2 Å². The monoisotopic (exact) mass is 338 g/mol. The van der Waals surface area contributed by atoms with Gasteiger partial charge in [-0.05, 0) is 43.2 Å². The van der Waals surface area contributed by atoms with Crippen LogP contribution in [0.25, 0.3) is 0 Å². The molecule has 2 N–H and O–H groups in total. The predicted octanol–water partition coefficient (Wildman–Crippen LogP) is 2.84. The number of hydrogen-bond donors (Lipinski definition) is 2. The maximum Gasteiger partial charge on any atom is 0.191 e. The summed E-state index contributed by atoms with van der Waals surface area (Å²) in [6.45, 7) is 3.74. The minimum Gasteiger partial charge on any atom is -0.375 e. The van der Waals surface area contributed by atoms with Crippen molar-refractivity contribution in [3.63, 3.8) is 0 Å². The van der Waals surface area contributed by atoms with Crippen molar-refractivity contribution in [3.05, 3.63) is 29.6 Å². The first-order valence-electron chi connectivity index (χ1n) is 7.98. The first-order valence-corrected chi connectivity index (χ1v) is 8.96. The zero-order valence-electron chi connectivity index (χ0n) is 14.4. The third kappa shape index (κ3) is 5.03. The number of anilines is 1. The third-order valence-electron chi connectivity index (χ3n) is 4.11. The van der Waals surface area contributed by atoms with Gasteiger partial charge in [0.2, 0.25) is 0 Å². The molecule has 128 valence electrons. The molecule has 2 rings (SSSR count). The molecule has 1 aliphatic heterocycles. The maximum absolute atomic E-state index is 14.0. The smallest absolute Gasteiger partial charge is 0.191 e. The Bertz CT molecular complexity index is 554. The van der Waals surface area contributed by atoms with Crippen LogP contribution in [0.1, 0.15) is 25.3 Å². The fourth-order valence-electron chi connectivity index (χ4n) is 2.68. The second-order valence-corrected chi connectivity index (χ2v) is 8.04. The molecule has 1 fully saturated rings. The molecule has 6 heteroatoms. The lowest BCUT2D eigenvalue weighted by Crippen LogP contribution is -2.43. The molecular formula is C17H27FN4S. The topological polar surface area (TPSA) is 39.7 Å². The van der Waals surface area contributed by atoms with Crippen LogP contribution in [0.5, 0.6) is 0 Å². The molecule has 1 atom stereocenters. The molecule has 23 heavy (non-hydrogen) atoms. The molecule has 0 spiro atoms. The second-order valence-electron chi connectivity index (χ2n) is 6.36. The normalized spacial score (nSPS) is 21.3. The van der Waals surface area contributed by atoms with Gasteiger partial charge in [0.1, 0.15) is 5.82 Å². The lowest BCUT2D eigenvalue weighted by Gasteiger charge is -2.24. The number of guanidine groups is 1. The Kier molecular flexibility index (Phi) is 6.16. The third-order valence-corrected chi connectivity index (χ3v) is 5.65. The highest BCUT2D eigenvalue weighted by Crippen LogP contribution is 2.36. The van der Waals surface area contributed by atoms with E-state index in [9.17, 15) is 4.39 Å². The molecule has 0 bridgehead atoms. The number of halogens is 1. The maximum atomic E-state index is 14.0. The molecule has 0 aromatic heterocycles. The quantitative estimate of drug-likeness (QED) is 0.640. The van der Waals surface area contributed by atoms with E-state index < -0.39 is 0 Å². The number of hydrogen-bond acceptors (Lipinski definition) is 3. The Labute approximate surface area is 142 Å². The van der Waals surface area contributed by atoms with Gasteiger partial charge in [0.05, 0.1) is 5.69 Å². The molecule has 1 aromatic rings. The largest absolute Gasteiger partial charge is 0.375 e. The molecular weight excluding hydrogens is 311 g/mol. The Morgan fingerprint density at radius 3 is 2.74 bits per heavy atom. The van der Waals surface area contributed by atoms with E-state index in [1.54, 1.807) is 24.1 Å². The van der Waals surface area contributed by atoms with Crippen LogP contribution in [0.2, 0.25) is 0 Å². The van der Waals surface area contributed by atoms with Crippen molar-refractivity contribution in [2.45, 2.75) is 31.1 Å². The summed E-state index contributed by atoms with van der Waals surface area (Å²) in [5.41, 5.74) is 1.50. The van der Waals surface area contributed by atoms with Gasteiger partial charge in [-0.25, -0.2) is 4.39 Å². The zero-order chi connectivity index (χ0) is 16.9. The van der Waals surface area contributed by atoms with Gasteiger partial charge in [0.25, 0.3) is 0 Å². The SMILES string of the molecule is CN=C(NCc1ccc(N(C)C)c(F)c1)NCC1(C)CCCS1. The Balaban J connectivity index is 1.87. The van der Waals surface area contributed by atoms with Gasteiger partial charge in [-0.15, -0.1) is 0 Å². The molecule has 0 aliphatic carbocycles. The number of rotatable bonds is 5. The molecule has 1 unspecified atom stereocenters. The van der Waals surface area contributed by atoms with Crippen molar-refractivity contribution in [3.8, 4) is 0 Å². The Hall–Kier alpha value is -1.43. The van der Waals surface area contributed by atoms with E-state index in [0.717, 1.165) is 18.1 Å². The summed E-state index contributed by atoms with van der Waals surface area (Å²) in [5.74, 6) is 1.80. The Morgan fingerprint density at radius 1 is 1.39 bits per heavy atom. The molecule has 1 heterocycles. The van der Waals surface area contributed by atoms with E-state index in [1.807, 2.05) is 31.9 Å². The highest BCUT2D eigenvalue weighted by Gasteiger charge is 2.29. The van der Waals surface area contributed by atoms with Gasteiger partial charge in [-0.1, -0.05) is 6.07 Å². The number of benzene rings is 1. The van der Waals surface area contributed by atoms with Crippen LogP contribution in [-0.2, 0) is 6.54 Å². The molecule has 1 aromatic carbocycles. The summed E-state index contributed by atoms with van der Waals surface area (Å²) < 4.78 is 14.3. The lowest BCUT2D eigenvalue weighted by atomic mass is 10.1. The van der Waals surface area contributed by atoms with Gasteiger partial charge < -0.3 is 15.5 Å². The molecule has 0 radical (unpaired) electrons. The number of aliphatic imine (C=N–C) groups is 1. The van der Waals surface area contributed by atoms with E-state index in [2.05, 4.69) is 22.5 Å². The van der Waals surface area contributed by atoms with Crippen molar-refractivity contribution in [2.75, 3.05) is 38.3 Å². The van der Waals surface area contributed by atoms with Gasteiger partial charge >= 0.3 is 0 Å². The highest BCUT2D eigenvalue weighted by atomic mass is 32.2. The summed E-state index contributed by atoms with van der Waals surface area (Å²) in [6, 6.07) is 5.31. The van der Waals surface area contributed by atoms with Gasteiger partial charge in [-0.3, -0.25) is 4.99 Å². The molecule has 4 nitrogen and oxygen atoms in total. The van der Waals surface area contributed by atoms with Crippen LogP contribution in [0.4, 0.5) is 10.1 Å². The average Bonchev–Trinajstić information content (AvgIpc) is 2.94. The van der Waals surface area contributed by atoms with Crippen LogP contribution in [-0.4, -0.2) is 44.1 Å². The highest BCUT2D eigenvalue weighted by molar-refractivity contribution is 8.00. The van der Waals surface area contributed by atoms with E-state index in [4.69, 9.17) is 0 Å². The van der Waals surface area contributed by atoms with Crippen LogP contribution in [0, 0.1) is 5.82 Å². The first-order chi connectivity index (χ1) is 10.9. The summed E-state index contributed by atoms with van der Waals surface area (Å²) in [7, 11) is 5.43. The van der Waals surface area contributed by atoms with Crippen molar-refractivity contribution < 1.29 is 4.39 Å². The fourth-order valence-corrected chi connectivity index (χ4v) is 3.92. The number of nitrogens with zero attached hydrogens (tertiary/aromatic N) is 2. The van der Waals surface area contributed by atoms with E-state index in [-0.39, 0.29) is 10.6 Å². The molecule has 1 aliphatic rings. The van der Waals surface area contributed by atoms with Crippen molar-refractivity contribution in [1.29, 1.82) is 0 Å². The van der Waals surface area contributed by atoms with E-state index >= 15 is 0 Å². The molecule has 0 saturated carbocycles. The van der Waals surface area contributed by atoms with Crippen molar-refractivity contribution in [2.24, 2.45) is 4.99 Å². The van der Waals surface area contributed by atoms with Gasteiger partial charge in [0.15, 0.2) is 5.96 Å². The summed E-state index contributed by atoms with van der Waals surface area (Å²) in [6.07, 6.45) is 2.52.